The predicted octanol–water partition coefficient (Wildman–Crippen LogP) is 15.2. The van der Waals surface area contributed by atoms with Crippen LogP contribution in [0.5, 0.6) is 0 Å². The Labute approximate surface area is 336 Å². The van der Waals surface area contributed by atoms with E-state index in [-0.39, 0.29) is 0 Å². The van der Waals surface area contributed by atoms with Crippen molar-refractivity contribution in [2.75, 3.05) is 0 Å². The van der Waals surface area contributed by atoms with E-state index in [0.29, 0.717) is 0 Å². The minimum Gasteiger partial charge on any atom is -0.307 e. The van der Waals surface area contributed by atoms with Gasteiger partial charge in [-0.25, -0.2) is 0 Å². The van der Waals surface area contributed by atoms with Gasteiger partial charge in [0.25, 0.3) is 0 Å². The molecule has 0 saturated carbocycles. The molecule has 2 heteroatoms. The van der Waals surface area contributed by atoms with Crippen LogP contribution in [0.25, 0.3) is 110 Å². The third kappa shape index (κ3) is 4.99. The van der Waals surface area contributed by atoms with Gasteiger partial charge in [0, 0.05) is 27.5 Å². The predicted molar refractivity (Wildman–Crippen MR) is 246 cm³/mol. The lowest BCUT2D eigenvalue weighted by atomic mass is 9.90. The normalized spacial score (nSPS) is 11.8. The van der Waals surface area contributed by atoms with Crippen LogP contribution in [-0.4, -0.2) is 9.13 Å². The molecule has 0 bridgehead atoms. The second-order valence-corrected chi connectivity index (χ2v) is 15.3. The quantitative estimate of drug-likeness (QED) is 0.156. The van der Waals surface area contributed by atoms with Crippen LogP contribution in [0.1, 0.15) is 0 Å². The van der Waals surface area contributed by atoms with Crippen LogP contribution in [0.2, 0.25) is 0 Å². The van der Waals surface area contributed by atoms with E-state index in [4.69, 9.17) is 0 Å². The SMILES string of the molecule is c1ccc(-c2ccc3c4ccc(-c5ccc(-n6c7ccccc7c7ccc8cc(-c9ccccc9)n(-c9ccccc9)c8c76)cc5)cc4c4ccccc4c3c2)cc1. The zero-order valence-electron chi connectivity index (χ0n) is 31.7. The highest BCUT2D eigenvalue weighted by atomic mass is 15.0. The van der Waals surface area contributed by atoms with E-state index >= 15 is 0 Å². The number of benzene rings is 10. The summed E-state index contributed by atoms with van der Waals surface area (Å²) in [6.45, 7) is 0. The Hall–Kier alpha value is -7.68. The maximum absolute atomic E-state index is 2.47. The highest BCUT2D eigenvalue weighted by Crippen LogP contribution is 2.42. The third-order valence-electron chi connectivity index (χ3n) is 12.1. The molecule has 2 aromatic heterocycles. The van der Waals surface area contributed by atoms with Gasteiger partial charge in [-0.2, -0.15) is 0 Å². The first-order valence-electron chi connectivity index (χ1n) is 20.0. The lowest BCUT2D eigenvalue weighted by Gasteiger charge is -2.15. The van der Waals surface area contributed by atoms with Crippen molar-refractivity contribution >= 4 is 65.0 Å². The molecule has 0 spiro atoms. The summed E-state index contributed by atoms with van der Waals surface area (Å²) in [6.07, 6.45) is 0. The van der Waals surface area contributed by atoms with Crippen molar-refractivity contribution in [3.05, 3.63) is 218 Å². The zero-order valence-corrected chi connectivity index (χ0v) is 31.7. The van der Waals surface area contributed by atoms with Gasteiger partial charge in [-0.1, -0.05) is 170 Å². The molecular weight excluding hydrogens is 701 g/mol. The topological polar surface area (TPSA) is 9.86 Å². The van der Waals surface area contributed by atoms with E-state index in [1.54, 1.807) is 0 Å². The van der Waals surface area contributed by atoms with Gasteiger partial charge in [0.2, 0.25) is 0 Å². The molecule has 0 N–H and O–H groups in total. The molecule has 10 aromatic carbocycles. The molecule has 0 aliphatic rings. The average Bonchev–Trinajstić information content (AvgIpc) is 3.86. The van der Waals surface area contributed by atoms with Crippen LogP contribution in [0, 0.1) is 0 Å². The number of hydrogen-bond acceptors (Lipinski definition) is 0. The summed E-state index contributed by atoms with van der Waals surface area (Å²) in [6, 6.07) is 79.9. The molecule has 0 aliphatic carbocycles. The fourth-order valence-electron chi connectivity index (χ4n) is 9.42. The van der Waals surface area contributed by atoms with E-state index in [1.807, 2.05) is 0 Å². The smallest absolute Gasteiger partial charge is 0.0788 e. The first-order valence-corrected chi connectivity index (χ1v) is 20.0. The standard InChI is InChI=1S/C56H36N2/c1-4-14-37(15-5-1)40-26-31-47-48-32-27-41(35-52(48)46-21-11-10-20-45(46)51(47)34-40)38-24-29-44(30-25-38)57-53-23-13-12-22-49(53)50-33-28-42-36-54(39-16-6-2-7-17-39)58(55(42)56(50)57)43-18-8-3-9-19-43/h1-36H. The lowest BCUT2D eigenvalue weighted by Crippen LogP contribution is -2.00. The van der Waals surface area contributed by atoms with Crippen molar-refractivity contribution in [3.63, 3.8) is 0 Å². The third-order valence-corrected chi connectivity index (χ3v) is 12.1. The van der Waals surface area contributed by atoms with Gasteiger partial charge in [0.15, 0.2) is 0 Å². The van der Waals surface area contributed by atoms with Gasteiger partial charge in [-0.15, -0.1) is 0 Å². The Bertz CT molecular complexity index is 3500. The molecule has 0 unspecified atom stereocenters. The molecule has 0 saturated heterocycles. The second kappa shape index (κ2) is 12.9. The highest BCUT2D eigenvalue weighted by Gasteiger charge is 2.21. The number of nitrogens with zero attached hydrogens (tertiary/aromatic N) is 2. The molecule has 58 heavy (non-hydrogen) atoms. The van der Waals surface area contributed by atoms with Crippen LogP contribution in [0.3, 0.4) is 0 Å². The van der Waals surface area contributed by atoms with E-state index < -0.39 is 0 Å². The summed E-state index contributed by atoms with van der Waals surface area (Å²) < 4.78 is 4.91. The molecule has 0 amide bonds. The summed E-state index contributed by atoms with van der Waals surface area (Å²) in [4.78, 5) is 0. The lowest BCUT2D eigenvalue weighted by molar-refractivity contribution is 1.12. The number of fused-ring (bicyclic) bond motifs is 11. The summed E-state index contributed by atoms with van der Waals surface area (Å²) in [5.41, 5.74) is 13.1. The van der Waals surface area contributed by atoms with Crippen molar-refractivity contribution in [1.29, 1.82) is 0 Å². The molecule has 0 aliphatic heterocycles. The molecule has 0 fully saturated rings. The fourth-order valence-corrected chi connectivity index (χ4v) is 9.42. The summed E-state index contributed by atoms with van der Waals surface area (Å²) in [7, 11) is 0. The van der Waals surface area contributed by atoms with Gasteiger partial charge >= 0.3 is 0 Å². The van der Waals surface area contributed by atoms with E-state index in [0.717, 1.165) is 11.4 Å². The van der Waals surface area contributed by atoms with Crippen LogP contribution in [-0.2, 0) is 0 Å². The van der Waals surface area contributed by atoms with Crippen molar-refractivity contribution in [3.8, 4) is 44.9 Å². The van der Waals surface area contributed by atoms with Gasteiger partial charge in [-0.05, 0) is 109 Å². The number of rotatable bonds is 5. The van der Waals surface area contributed by atoms with Crippen LogP contribution < -0.4 is 0 Å². The van der Waals surface area contributed by atoms with Crippen LogP contribution in [0.4, 0.5) is 0 Å². The zero-order chi connectivity index (χ0) is 38.2. The van der Waals surface area contributed by atoms with Gasteiger partial charge < -0.3 is 9.13 Å². The summed E-state index contributed by atoms with van der Waals surface area (Å²) in [5, 5.41) is 11.4. The minimum absolute atomic E-state index is 1.14. The maximum atomic E-state index is 2.47. The molecule has 2 nitrogen and oxygen atoms in total. The van der Waals surface area contributed by atoms with E-state index in [2.05, 4.69) is 228 Å². The molecule has 0 atom stereocenters. The molecular formula is C56H36N2. The number of hydrogen-bond donors (Lipinski definition) is 0. The number of para-hydroxylation sites is 2. The van der Waals surface area contributed by atoms with Crippen LogP contribution >= 0.6 is 0 Å². The Balaban J connectivity index is 1.04. The van der Waals surface area contributed by atoms with E-state index in [9.17, 15) is 0 Å². The molecule has 12 rings (SSSR count). The van der Waals surface area contributed by atoms with Crippen molar-refractivity contribution < 1.29 is 0 Å². The first kappa shape index (κ1) is 32.6. The van der Waals surface area contributed by atoms with Crippen LogP contribution in [0.15, 0.2) is 218 Å². The summed E-state index contributed by atoms with van der Waals surface area (Å²) in [5.74, 6) is 0. The Morgan fingerprint density at radius 1 is 0.241 bits per heavy atom. The van der Waals surface area contributed by atoms with Gasteiger partial charge in [-0.3, -0.25) is 0 Å². The largest absolute Gasteiger partial charge is 0.307 e. The van der Waals surface area contributed by atoms with Gasteiger partial charge in [0.1, 0.15) is 0 Å². The monoisotopic (exact) mass is 736 g/mol. The highest BCUT2D eigenvalue weighted by molar-refractivity contribution is 6.26. The van der Waals surface area contributed by atoms with Crippen molar-refractivity contribution in [1.82, 2.24) is 9.13 Å². The Kier molecular flexibility index (Phi) is 7.26. The van der Waals surface area contributed by atoms with E-state index in [1.165, 1.54) is 98.5 Å². The van der Waals surface area contributed by atoms with Crippen molar-refractivity contribution in [2.24, 2.45) is 0 Å². The van der Waals surface area contributed by atoms with Crippen molar-refractivity contribution in [2.45, 2.75) is 0 Å². The molecule has 12 aromatic rings. The summed E-state index contributed by atoms with van der Waals surface area (Å²) >= 11 is 0. The minimum atomic E-state index is 1.14. The molecule has 270 valence electrons. The number of aromatic nitrogens is 2. The fraction of sp³-hybridized carbons (Fsp3) is 0. The second-order valence-electron chi connectivity index (χ2n) is 15.3. The molecule has 0 radical (unpaired) electrons. The first-order chi connectivity index (χ1) is 28.8. The Morgan fingerprint density at radius 2 is 0.707 bits per heavy atom. The maximum Gasteiger partial charge on any atom is 0.0788 e. The molecule has 2 heterocycles. The van der Waals surface area contributed by atoms with Gasteiger partial charge in [0.05, 0.1) is 22.2 Å². The average molecular weight is 737 g/mol. The Morgan fingerprint density at radius 3 is 1.34 bits per heavy atom.